The van der Waals surface area contributed by atoms with E-state index < -0.39 is 21.3 Å². The molecule has 7 nitrogen and oxygen atoms in total. The molecule has 1 amide bonds. The Hall–Kier alpha value is -2.87. The van der Waals surface area contributed by atoms with Crippen molar-refractivity contribution in [1.29, 1.82) is 0 Å². The van der Waals surface area contributed by atoms with Gasteiger partial charge in [-0.3, -0.25) is 9.20 Å². The third kappa shape index (κ3) is 3.06. The van der Waals surface area contributed by atoms with Gasteiger partial charge in [-0.15, -0.1) is 0 Å². The van der Waals surface area contributed by atoms with E-state index in [4.69, 9.17) is 4.74 Å². The lowest BCUT2D eigenvalue weighted by molar-refractivity contribution is 0.0927. The molecule has 8 heteroatoms. The predicted molar refractivity (Wildman–Crippen MR) is 99.7 cm³/mol. The van der Waals surface area contributed by atoms with E-state index in [1.54, 1.807) is 31.5 Å². The molecule has 2 aromatic heterocycles. The van der Waals surface area contributed by atoms with Crippen molar-refractivity contribution in [3.05, 3.63) is 59.9 Å². The number of aromatic nitrogens is 2. The fourth-order valence-corrected chi connectivity index (χ4v) is 4.02. The van der Waals surface area contributed by atoms with Crippen LogP contribution in [0, 0.1) is 0 Å². The van der Waals surface area contributed by atoms with Gasteiger partial charge in [-0.25, -0.2) is 13.4 Å². The Morgan fingerprint density at radius 1 is 1.22 bits per heavy atom. The number of imidazole rings is 1. The molecule has 1 saturated carbocycles. The molecule has 1 N–H and O–H groups in total. The number of carbonyl (C=O) groups is 1. The number of benzene rings is 1. The maximum Gasteiger partial charge on any atom is 0.272 e. The molecule has 1 fully saturated rings. The molecule has 4 rings (SSSR count). The maximum atomic E-state index is 13.0. The fourth-order valence-electron chi connectivity index (χ4n) is 3.25. The second kappa shape index (κ2) is 6.09. The van der Waals surface area contributed by atoms with Crippen molar-refractivity contribution in [1.82, 2.24) is 14.7 Å². The van der Waals surface area contributed by atoms with E-state index in [1.807, 2.05) is 24.3 Å². The Labute approximate surface area is 156 Å². The molecule has 0 saturated heterocycles. The summed E-state index contributed by atoms with van der Waals surface area (Å²) < 4.78 is 30.8. The van der Waals surface area contributed by atoms with Crippen LogP contribution in [0.15, 0.2) is 53.8 Å². The molecule has 1 aromatic carbocycles. The van der Waals surface area contributed by atoms with Gasteiger partial charge in [0.2, 0.25) is 15.0 Å². The van der Waals surface area contributed by atoms with E-state index in [0.29, 0.717) is 5.52 Å². The van der Waals surface area contributed by atoms with Crippen molar-refractivity contribution in [3.63, 3.8) is 0 Å². The Morgan fingerprint density at radius 3 is 2.67 bits per heavy atom. The number of methoxy groups -OCH3 is 1. The molecule has 27 heavy (non-hydrogen) atoms. The van der Waals surface area contributed by atoms with E-state index in [-0.39, 0.29) is 10.9 Å². The topological polar surface area (TPSA) is 89.8 Å². The number of carbonyl (C=O) groups excluding carboxylic acids is 1. The SMILES string of the molecule is COc1cccc(C2(NC(=O)c3nc(S(C)(=O)=O)n4ccccc34)CC2)c1. The van der Waals surface area contributed by atoms with Gasteiger partial charge in [0, 0.05) is 12.5 Å². The smallest absolute Gasteiger partial charge is 0.272 e. The maximum absolute atomic E-state index is 13.0. The molecular formula is C19H19N3O4S. The Kier molecular flexibility index (Phi) is 3.96. The van der Waals surface area contributed by atoms with Gasteiger partial charge in [-0.05, 0) is 42.7 Å². The first-order valence-corrected chi connectivity index (χ1v) is 10.4. The number of rotatable bonds is 5. The molecule has 0 spiro atoms. The number of hydrogen-bond donors (Lipinski definition) is 1. The first-order valence-electron chi connectivity index (χ1n) is 8.48. The summed E-state index contributed by atoms with van der Waals surface area (Å²) in [6.45, 7) is 0. The number of amides is 1. The fraction of sp³-hybridized carbons (Fsp3) is 0.263. The zero-order valence-electron chi connectivity index (χ0n) is 15.0. The average Bonchev–Trinajstić information content (AvgIpc) is 3.31. The normalized spacial score (nSPS) is 15.5. The van der Waals surface area contributed by atoms with E-state index in [1.165, 1.54) is 4.40 Å². The number of hydrogen-bond acceptors (Lipinski definition) is 5. The van der Waals surface area contributed by atoms with Crippen LogP contribution in [0.2, 0.25) is 0 Å². The lowest BCUT2D eigenvalue weighted by Crippen LogP contribution is -2.35. The zero-order chi connectivity index (χ0) is 19.2. The van der Waals surface area contributed by atoms with Gasteiger partial charge >= 0.3 is 0 Å². The Balaban J connectivity index is 1.72. The summed E-state index contributed by atoms with van der Waals surface area (Å²) in [5, 5.41) is 2.90. The van der Waals surface area contributed by atoms with Gasteiger partial charge in [0.25, 0.3) is 5.91 Å². The highest BCUT2D eigenvalue weighted by Gasteiger charge is 2.46. The first-order chi connectivity index (χ1) is 12.8. The molecule has 0 aliphatic heterocycles. The quantitative estimate of drug-likeness (QED) is 0.727. The third-order valence-electron chi connectivity index (χ3n) is 4.79. The molecule has 1 aliphatic rings. The molecule has 2 heterocycles. The third-order valence-corrected chi connectivity index (χ3v) is 5.74. The molecule has 0 atom stereocenters. The minimum absolute atomic E-state index is 0.102. The number of sulfone groups is 1. The highest BCUT2D eigenvalue weighted by molar-refractivity contribution is 7.90. The number of nitrogens with zero attached hydrogens (tertiary/aromatic N) is 2. The molecule has 0 radical (unpaired) electrons. The molecule has 1 aliphatic carbocycles. The summed E-state index contributed by atoms with van der Waals surface area (Å²) in [7, 11) is -1.98. The average molecular weight is 385 g/mol. The second-order valence-corrected chi connectivity index (χ2v) is 8.65. The van der Waals surface area contributed by atoms with Crippen LogP contribution >= 0.6 is 0 Å². The highest BCUT2D eigenvalue weighted by Crippen LogP contribution is 2.46. The summed E-state index contributed by atoms with van der Waals surface area (Å²) in [4.78, 5) is 17.1. The lowest BCUT2D eigenvalue weighted by Gasteiger charge is -2.18. The standard InChI is InChI=1S/C19H19N3O4S/c1-26-14-7-5-6-13(12-14)19(9-10-19)21-17(23)16-15-8-3-4-11-22(15)18(20-16)27(2,24)25/h3-8,11-12H,9-10H2,1-2H3,(H,21,23). The minimum Gasteiger partial charge on any atom is -0.497 e. The summed E-state index contributed by atoms with van der Waals surface area (Å²) in [6, 6.07) is 12.7. The summed E-state index contributed by atoms with van der Waals surface area (Å²) in [5.41, 5.74) is 1.05. The van der Waals surface area contributed by atoms with Crippen LogP contribution in [0.1, 0.15) is 28.9 Å². The van der Waals surface area contributed by atoms with Crippen LogP contribution in [0.5, 0.6) is 5.75 Å². The van der Waals surface area contributed by atoms with Crippen LogP contribution in [-0.4, -0.2) is 37.1 Å². The van der Waals surface area contributed by atoms with E-state index in [0.717, 1.165) is 30.4 Å². The number of fused-ring (bicyclic) bond motifs is 1. The zero-order valence-corrected chi connectivity index (χ0v) is 15.8. The molecule has 3 aromatic rings. The van der Waals surface area contributed by atoms with E-state index >= 15 is 0 Å². The summed E-state index contributed by atoms with van der Waals surface area (Å²) >= 11 is 0. The van der Waals surface area contributed by atoms with Crippen LogP contribution in [-0.2, 0) is 15.4 Å². The van der Waals surface area contributed by atoms with Crippen LogP contribution in [0.4, 0.5) is 0 Å². The second-order valence-electron chi connectivity index (χ2n) is 6.74. The van der Waals surface area contributed by atoms with Crippen molar-refractivity contribution in [3.8, 4) is 5.75 Å². The first kappa shape index (κ1) is 17.5. The molecule has 0 bridgehead atoms. The number of nitrogens with one attached hydrogen (secondary N) is 1. The molecular weight excluding hydrogens is 366 g/mol. The Morgan fingerprint density at radius 2 is 2.00 bits per heavy atom. The Bertz CT molecular complexity index is 1150. The van der Waals surface area contributed by atoms with Crippen molar-refractivity contribution in [2.24, 2.45) is 0 Å². The van der Waals surface area contributed by atoms with Crippen molar-refractivity contribution >= 4 is 21.3 Å². The minimum atomic E-state index is -3.58. The van der Waals surface area contributed by atoms with Gasteiger partial charge in [0.05, 0.1) is 18.2 Å². The van der Waals surface area contributed by atoms with Gasteiger partial charge in [-0.1, -0.05) is 18.2 Å². The van der Waals surface area contributed by atoms with Crippen molar-refractivity contribution in [2.45, 2.75) is 23.5 Å². The van der Waals surface area contributed by atoms with Gasteiger partial charge in [0.1, 0.15) is 5.75 Å². The summed E-state index contributed by atoms with van der Waals surface area (Å²) in [5.74, 6) is 0.328. The van der Waals surface area contributed by atoms with Gasteiger partial charge < -0.3 is 10.1 Å². The monoisotopic (exact) mass is 385 g/mol. The van der Waals surface area contributed by atoms with Gasteiger partial charge in [-0.2, -0.15) is 0 Å². The van der Waals surface area contributed by atoms with Crippen molar-refractivity contribution in [2.75, 3.05) is 13.4 Å². The van der Waals surface area contributed by atoms with Crippen LogP contribution in [0.3, 0.4) is 0 Å². The van der Waals surface area contributed by atoms with Crippen molar-refractivity contribution < 1.29 is 17.9 Å². The lowest BCUT2D eigenvalue weighted by atomic mass is 10.0. The predicted octanol–water partition coefficient (Wildman–Crippen LogP) is 2.17. The molecule has 140 valence electrons. The van der Waals surface area contributed by atoms with Gasteiger partial charge in [0.15, 0.2) is 5.69 Å². The number of pyridine rings is 1. The highest BCUT2D eigenvalue weighted by atomic mass is 32.2. The van der Waals surface area contributed by atoms with E-state index in [2.05, 4.69) is 10.3 Å². The number of ether oxygens (including phenoxy) is 1. The van der Waals surface area contributed by atoms with E-state index in [9.17, 15) is 13.2 Å². The van der Waals surface area contributed by atoms with Crippen LogP contribution in [0.25, 0.3) is 5.52 Å². The summed E-state index contributed by atoms with van der Waals surface area (Å²) in [6.07, 6.45) is 4.27. The largest absolute Gasteiger partial charge is 0.497 e. The van der Waals surface area contributed by atoms with Crippen LogP contribution < -0.4 is 10.1 Å². The molecule has 0 unspecified atom stereocenters.